The number of carbonyl (C=O) groups is 3. The second-order valence-electron chi connectivity index (χ2n) is 8.82. The third-order valence-corrected chi connectivity index (χ3v) is 5.53. The van der Waals surface area contributed by atoms with Crippen LogP contribution in [-0.4, -0.2) is 61.8 Å². The molecule has 2 rings (SSSR count). The van der Waals surface area contributed by atoms with Gasteiger partial charge in [0.15, 0.2) is 0 Å². The van der Waals surface area contributed by atoms with Crippen molar-refractivity contribution in [3.8, 4) is 11.5 Å². The van der Waals surface area contributed by atoms with E-state index in [2.05, 4.69) is 10.6 Å². The molecule has 32 heavy (non-hydrogen) atoms. The van der Waals surface area contributed by atoms with E-state index < -0.39 is 17.4 Å². The Morgan fingerprint density at radius 3 is 2.47 bits per heavy atom. The van der Waals surface area contributed by atoms with Crippen molar-refractivity contribution in [2.45, 2.75) is 39.5 Å². The summed E-state index contributed by atoms with van der Waals surface area (Å²) in [6.07, 6.45) is 3.34. The molecule has 0 radical (unpaired) electrons. The normalized spacial score (nSPS) is 13.5. The van der Waals surface area contributed by atoms with E-state index in [1.807, 2.05) is 13.8 Å². The van der Waals surface area contributed by atoms with Gasteiger partial charge in [0, 0.05) is 25.6 Å². The lowest BCUT2D eigenvalue weighted by Gasteiger charge is -2.34. The van der Waals surface area contributed by atoms with Crippen LogP contribution in [0.15, 0.2) is 18.2 Å². The van der Waals surface area contributed by atoms with Gasteiger partial charge in [-0.1, -0.05) is 20.3 Å². The first kappa shape index (κ1) is 25.3. The number of hydroxylamine groups is 1. The quantitative estimate of drug-likeness (QED) is 0.303. The lowest BCUT2D eigenvalue weighted by Crippen LogP contribution is -2.46. The molecule has 0 unspecified atom stereocenters. The average Bonchev–Trinajstić information content (AvgIpc) is 2.73. The number of nitrogens with zero attached hydrogens (tertiary/aromatic N) is 1. The highest BCUT2D eigenvalue weighted by Gasteiger charge is 2.30. The van der Waals surface area contributed by atoms with E-state index in [9.17, 15) is 14.4 Å². The monoisotopic (exact) mass is 450 g/mol. The highest BCUT2D eigenvalue weighted by atomic mass is 16.5. The minimum atomic E-state index is -0.624. The first-order chi connectivity index (χ1) is 15.2. The summed E-state index contributed by atoms with van der Waals surface area (Å²) in [5, 5.41) is 14.3. The Bertz CT molecular complexity index is 810. The zero-order valence-electron chi connectivity index (χ0n) is 19.2. The molecule has 1 aromatic carbocycles. The maximum absolute atomic E-state index is 12.9. The van der Waals surface area contributed by atoms with E-state index in [1.165, 1.54) is 12.0 Å². The van der Waals surface area contributed by atoms with Crippen LogP contribution >= 0.6 is 0 Å². The third kappa shape index (κ3) is 7.60. The number of anilines is 1. The number of benzene rings is 1. The number of ether oxygens (including phenoxy) is 2. The van der Waals surface area contributed by atoms with E-state index >= 15 is 0 Å². The van der Waals surface area contributed by atoms with Crippen molar-refractivity contribution in [1.29, 1.82) is 0 Å². The molecule has 4 amide bonds. The number of hydrogen-bond donors (Lipinski definition) is 4. The second kappa shape index (κ2) is 11.6. The molecular weight excluding hydrogens is 416 g/mol. The summed E-state index contributed by atoms with van der Waals surface area (Å²) in [5.41, 5.74) is 1.52. The summed E-state index contributed by atoms with van der Waals surface area (Å²) in [6.45, 7) is 4.28. The number of rotatable bonds is 11. The van der Waals surface area contributed by atoms with Crippen LogP contribution in [0.1, 0.15) is 39.5 Å². The molecule has 0 aliphatic heterocycles. The maximum Gasteiger partial charge on any atom is 0.319 e. The summed E-state index contributed by atoms with van der Waals surface area (Å²) < 4.78 is 10.4. The standard InChI is InChI=1S/C22H34N4O6/c1-22(2,11-20(28)26(13-19(27)25-30)12-15-6-5-7-15)14-23-21(29)24-17-9-8-16(31-3)10-18(17)32-4/h8-10,15,30H,5-7,11-14H2,1-4H3,(H,25,27)(H2,23,24,29). The van der Waals surface area contributed by atoms with Gasteiger partial charge in [-0.25, -0.2) is 10.3 Å². The summed E-state index contributed by atoms with van der Waals surface area (Å²) in [6, 6.07) is 4.62. The molecule has 10 heteroatoms. The Balaban J connectivity index is 1.91. The van der Waals surface area contributed by atoms with Crippen molar-refractivity contribution >= 4 is 23.5 Å². The first-order valence-electron chi connectivity index (χ1n) is 10.6. The predicted molar refractivity (Wildman–Crippen MR) is 119 cm³/mol. The molecule has 0 bridgehead atoms. The van der Waals surface area contributed by atoms with Crippen LogP contribution in [0.5, 0.6) is 11.5 Å². The number of carbonyl (C=O) groups excluding carboxylic acids is 3. The van der Waals surface area contributed by atoms with E-state index in [1.54, 1.807) is 30.8 Å². The van der Waals surface area contributed by atoms with E-state index in [-0.39, 0.29) is 25.4 Å². The molecular formula is C22H34N4O6. The van der Waals surface area contributed by atoms with Crippen LogP contribution in [-0.2, 0) is 9.59 Å². The molecule has 1 aliphatic carbocycles. The zero-order chi connectivity index (χ0) is 23.7. The van der Waals surface area contributed by atoms with E-state index in [4.69, 9.17) is 14.7 Å². The molecule has 178 valence electrons. The summed E-state index contributed by atoms with van der Waals surface area (Å²) >= 11 is 0. The van der Waals surface area contributed by atoms with Gasteiger partial charge in [-0.2, -0.15) is 0 Å². The predicted octanol–water partition coefficient (Wildman–Crippen LogP) is 2.38. The SMILES string of the molecule is COc1ccc(NC(=O)NCC(C)(C)CC(=O)N(CC(=O)NO)CC2CCC2)c(OC)c1. The highest BCUT2D eigenvalue weighted by molar-refractivity contribution is 5.91. The number of methoxy groups -OCH3 is 2. The molecule has 1 aromatic rings. The molecule has 1 aliphatic rings. The summed E-state index contributed by atoms with van der Waals surface area (Å²) in [7, 11) is 3.04. The van der Waals surface area contributed by atoms with Gasteiger partial charge in [-0.15, -0.1) is 0 Å². The third-order valence-electron chi connectivity index (χ3n) is 5.53. The van der Waals surface area contributed by atoms with Crippen LogP contribution in [0.4, 0.5) is 10.5 Å². The molecule has 0 spiro atoms. The van der Waals surface area contributed by atoms with Crippen LogP contribution in [0.2, 0.25) is 0 Å². The van der Waals surface area contributed by atoms with Crippen molar-refractivity contribution < 1.29 is 29.1 Å². The van der Waals surface area contributed by atoms with Crippen molar-refractivity contribution in [1.82, 2.24) is 15.7 Å². The van der Waals surface area contributed by atoms with E-state index in [0.29, 0.717) is 29.6 Å². The fourth-order valence-electron chi connectivity index (χ4n) is 3.42. The molecule has 0 aromatic heterocycles. The Kier molecular flexibility index (Phi) is 9.13. The van der Waals surface area contributed by atoms with Crippen LogP contribution < -0.4 is 25.6 Å². The van der Waals surface area contributed by atoms with Gasteiger partial charge < -0.3 is 25.0 Å². The molecule has 1 saturated carbocycles. The van der Waals surface area contributed by atoms with Gasteiger partial charge in [0.25, 0.3) is 5.91 Å². The van der Waals surface area contributed by atoms with Crippen molar-refractivity contribution in [2.24, 2.45) is 11.3 Å². The lowest BCUT2D eigenvalue weighted by atomic mass is 9.84. The molecule has 0 saturated heterocycles. The van der Waals surface area contributed by atoms with Gasteiger partial charge in [0.1, 0.15) is 18.0 Å². The summed E-state index contributed by atoms with van der Waals surface area (Å²) in [5.74, 6) is 0.638. The van der Waals surface area contributed by atoms with Gasteiger partial charge >= 0.3 is 6.03 Å². The number of hydrogen-bond acceptors (Lipinski definition) is 6. The molecule has 0 heterocycles. The fraction of sp³-hybridized carbons (Fsp3) is 0.591. The van der Waals surface area contributed by atoms with Crippen molar-refractivity contribution in [3.05, 3.63) is 18.2 Å². The van der Waals surface area contributed by atoms with Crippen molar-refractivity contribution in [3.63, 3.8) is 0 Å². The zero-order valence-corrected chi connectivity index (χ0v) is 19.2. The second-order valence-corrected chi connectivity index (χ2v) is 8.82. The Morgan fingerprint density at radius 1 is 1.19 bits per heavy atom. The molecule has 1 fully saturated rings. The molecule has 4 N–H and O–H groups in total. The fourth-order valence-corrected chi connectivity index (χ4v) is 3.42. The number of amides is 4. The highest BCUT2D eigenvalue weighted by Crippen LogP contribution is 2.30. The topological polar surface area (TPSA) is 129 Å². The smallest absolute Gasteiger partial charge is 0.319 e. The largest absolute Gasteiger partial charge is 0.497 e. The Hall–Kier alpha value is -3.01. The minimum absolute atomic E-state index is 0.143. The van der Waals surface area contributed by atoms with Gasteiger partial charge in [0.2, 0.25) is 5.91 Å². The summed E-state index contributed by atoms with van der Waals surface area (Å²) in [4.78, 5) is 38.4. The van der Waals surface area contributed by atoms with Gasteiger partial charge in [-0.05, 0) is 36.3 Å². The molecule has 0 atom stereocenters. The number of nitrogens with one attached hydrogen (secondary N) is 3. The lowest BCUT2D eigenvalue weighted by molar-refractivity contribution is -0.141. The van der Waals surface area contributed by atoms with Crippen molar-refractivity contribution in [2.75, 3.05) is 39.2 Å². The van der Waals surface area contributed by atoms with Gasteiger partial charge in [-0.3, -0.25) is 14.8 Å². The Morgan fingerprint density at radius 2 is 1.91 bits per heavy atom. The first-order valence-corrected chi connectivity index (χ1v) is 10.6. The van der Waals surface area contributed by atoms with E-state index in [0.717, 1.165) is 19.3 Å². The van der Waals surface area contributed by atoms with Crippen LogP contribution in [0.3, 0.4) is 0 Å². The maximum atomic E-state index is 12.9. The van der Waals surface area contributed by atoms with Crippen LogP contribution in [0, 0.1) is 11.3 Å². The molecule has 10 nitrogen and oxygen atoms in total. The van der Waals surface area contributed by atoms with Gasteiger partial charge in [0.05, 0.1) is 19.9 Å². The average molecular weight is 451 g/mol. The number of urea groups is 1. The van der Waals surface area contributed by atoms with Crippen LogP contribution in [0.25, 0.3) is 0 Å². The minimum Gasteiger partial charge on any atom is -0.497 e. The Labute approximate surface area is 188 Å².